The number of carbonyl (C=O) groups is 2. The van der Waals surface area contributed by atoms with Crippen LogP contribution in [0, 0.1) is 6.92 Å². The summed E-state index contributed by atoms with van der Waals surface area (Å²) in [5.41, 5.74) is 3.85. The summed E-state index contributed by atoms with van der Waals surface area (Å²) in [6.45, 7) is 1.81. The van der Waals surface area contributed by atoms with E-state index < -0.39 is 12.0 Å². The molecule has 0 aliphatic carbocycles. The SMILES string of the molecule is COC(=O)C(CCO)N(C=O)c1ccc(-c2ccc(C)cc2)cc1. The van der Waals surface area contributed by atoms with Gasteiger partial charge in [0.15, 0.2) is 0 Å². The van der Waals surface area contributed by atoms with Crippen molar-refractivity contribution in [2.24, 2.45) is 0 Å². The maximum Gasteiger partial charge on any atom is 0.329 e. The minimum absolute atomic E-state index is 0.116. The lowest BCUT2D eigenvalue weighted by Gasteiger charge is -2.25. The highest BCUT2D eigenvalue weighted by molar-refractivity contribution is 5.89. The van der Waals surface area contributed by atoms with Gasteiger partial charge in [-0.05, 0) is 30.2 Å². The molecule has 0 saturated heterocycles. The van der Waals surface area contributed by atoms with Gasteiger partial charge in [-0.25, -0.2) is 4.79 Å². The van der Waals surface area contributed by atoms with Gasteiger partial charge in [0, 0.05) is 18.7 Å². The first-order valence-electron chi connectivity index (χ1n) is 7.70. The van der Waals surface area contributed by atoms with Crippen LogP contribution in [0.15, 0.2) is 48.5 Å². The molecule has 0 saturated carbocycles. The van der Waals surface area contributed by atoms with Crippen molar-refractivity contribution in [3.05, 3.63) is 54.1 Å². The second-order valence-corrected chi connectivity index (χ2v) is 5.48. The molecule has 0 aliphatic rings. The van der Waals surface area contributed by atoms with Gasteiger partial charge in [0.25, 0.3) is 0 Å². The van der Waals surface area contributed by atoms with Gasteiger partial charge in [-0.15, -0.1) is 0 Å². The van der Waals surface area contributed by atoms with Crippen LogP contribution in [-0.4, -0.2) is 37.2 Å². The average Bonchev–Trinajstić information content (AvgIpc) is 2.62. The minimum atomic E-state index is -0.845. The Balaban J connectivity index is 2.27. The van der Waals surface area contributed by atoms with Gasteiger partial charge in [0.05, 0.1) is 7.11 Å². The Morgan fingerprint density at radius 1 is 1.12 bits per heavy atom. The molecule has 24 heavy (non-hydrogen) atoms. The van der Waals surface area contributed by atoms with Crippen molar-refractivity contribution in [1.29, 1.82) is 0 Å². The summed E-state index contributed by atoms with van der Waals surface area (Å²) >= 11 is 0. The number of carbonyl (C=O) groups excluding carboxylic acids is 2. The van der Waals surface area contributed by atoms with E-state index in [4.69, 9.17) is 9.84 Å². The zero-order chi connectivity index (χ0) is 17.5. The lowest BCUT2D eigenvalue weighted by atomic mass is 10.0. The van der Waals surface area contributed by atoms with E-state index >= 15 is 0 Å². The fourth-order valence-electron chi connectivity index (χ4n) is 2.52. The molecule has 2 aromatic carbocycles. The molecule has 1 N–H and O–H groups in total. The van der Waals surface area contributed by atoms with E-state index in [1.54, 1.807) is 12.1 Å². The maximum atomic E-state index is 11.9. The number of aliphatic hydroxyl groups is 1. The Morgan fingerprint density at radius 3 is 2.12 bits per heavy atom. The minimum Gasteiger partial charge on any atom is -0.467 e. The third kappa shape index (κ3) is 4.00. The number of benzene rings is 2. The van der Waals surface area contributed by atoms with E-state index in [2.05, 4.69) is 0 Å². The number of anilines is 1. The molecule has 2 rings (SSSR count). The second-order valence-electron chi connectivity index (χ2n) is 5.48. The molecule has 0 fully saturated rings. The normalized spacial score (nSPS) is 11.6. The van der Waals surface area contributed by atoms with Crippen molar-refractivity contribution in [1.82, 2.24) is 0 Å². The molecule has 2 aromatic rings. The molecular weight excluding hydrogens is 306 g/mol. The topological polar surface area (TPSA) is 66.8 Å². The molecule has 0 aromatic heterocycles. The molecule has 5 heteroatoms. The zero-order valence-electron chi connectivity index (χ0n) is 13.8. The fourth-order valence-corrected chi connectivity index (χ4v) is 2.52. The molecule has 0 radical (unpaired) electrons. The van der Waals surface area contributed by atoms with Crippen LogP contribution in [-0.2, 0) is 14.3 Å². The number of aryl methyl sites for hydroxylation is 1. The van der Waals surface area contributed by atoms with Crippen LogP contribution < -0.4 is 4.90 Å². The molecule has 1 amide bonds. The van der Waals surface area contributed by atoms with Gasteiger partial charge >= 0.3 is 5.97 Å². The van der Waals surface area contributed by atoms with Crippen LogP contribution in [0.5, 0.6) is 0 Å². The zero-order valence-corrected chi connectivity index (χ0v) is 13.8. The highest BCUT2D eigenvalue weighted by atomic mass is 16.5. The fraction of sp³-hybridized carbons (Fsp3) is 0.263. The number of amides is 1. The van der Waals surface area contributed by atoms with E-state index in [1.165, 1.54) is 17.6 Å². The first-order chi connectivity index (χ1) is 11.6. The van der Waals surface area contributed by atoms with Gasteiger partial charge in [0.2, 0.25) is 6.41 Å². The summed E-state index contributed by atoms with van der Waals surface area (Å²) in [4.78, 5) is 24.6. The summed E-state index contributed by atoms with van der Waals surface area (Å²) < 4.78 is 4.72. The smallest absolute Gasteiger partial charge is 0.329 e. The standard InChI is InChI=1S/C19H21NO4/c1-14-3-5-15(6-4-14)16-7-9-17(10-8-16)20(13-22)18(11-12-21)19(23)24-2/h3-10,13,18,21H,11-12H2,1-2H3. The third-order valence-electron chi connectivity index (χ3n) is 3.88. The maximum absolute atomic E-state index is 11.9. The van der Waals surface area contributed by atoms with Crippen molar-refractivity contribution in [3.8, 4) is 11.1 Å². The Labute approximate surface area is 141 Å². The summed E-state index contributed by atoms with van der Waals surface area (Å²) in [7, 11) is 1.26. The predicted octanol–water partition coefficient (Wildman–Crippen LogP) is 2.55. The molecule has 0 aliphatic heterocycles. The van der Waals surface area contributed by atoms with Gasteiger partial charge in [-0.3, -0.25) is 4.79 Å². The highest BCUT2D eigenvalue weighted by Gasteiger charge is 2.26. The van der Waals surface area contributed by atoms with Crippen molar-refractivity contribution in [3.63, 3.8) is 0 Å². The molecule has 1 unspecified atom stereocenters. The number of hydrogen-bond donors (Lipinski definition) is 1. The van der Waals surface area contributed by atoms with E-state index in [-0.39, 0.29) is 13.0 Å². The lowest BCUT2D eigenvalue weighted by Crippen LogP contribution is -2.42. The summed E-state index contributed by atoms with van der Waals surface area (Å²) in [6, 6.07) is 14.6. The quantitative estimate of drug-likeness (QED) is 0.627. The molecule has 0 heterocycles. The summed E-state index contributed by atoms with van der Waals surface area (Å²) in [5.74, 6) is -0.557. The van der Waals surface area contributed by atoms with E-state index in [9.17, 15) is 9.59 Å². The molecule has 0 bridgehead atoms. The highest BCUT2D eigenvalue weighted by Crippen LogP contribution is 2.25. The Bertz CT molecular complexity index is 680. The lowest BCUT2D eigenvalue weighted by molar-refractivity contribution is -0.143. The third-order valence-corrected chi connectivity index (χ3v) is 3.88. The number of ether oxygens (including phenoxy) is 1. The van der Waals surface area contributed by atoms with Crippen LogP contribution in [0.1, 0.15) is 12.0 Å². The summed E-state index contributed by atoms with van der Waals surface area (Å²) in [6.07, 6.45) is 0.698. The second kappa shape index (κ2) is 8.26. The van der Waals surface area contributed by atoms with Gasteiger partial charge in [-0.1, -0.05) is 42.0 Å². The van der Waals surface area contributed by atoms with E-state index in [1.807, 2.05) is 43.3 Å². The number of nitrogens with zero attached hydrogens (tertiary/aromatic N) is 1. The number of methoxy groups -OCH3 is 1. The van der Waals surface area contributed by atoms with Crippen molar-refractivity contribution < 1.29 is 19.4 Å². The molecule has 1 atom stereocenters. The Morgan fingerprint density at radius 2 is 1.67 bits per heavy atom. The number of esters is 1. The van der Waals surface area contributed by atoms with Gasteiger partial charge < -0.3 is 14.7 Å². The van der Waals surface area contributed by atoms with Crippen LogP contribution in [0.25, 0.3) is 11.1 Å². The molecular formula is C19H21NO4. The molecule has 0 spiro atoms. The Hall–Kier alpha value is -2.66. The van der Waals surface area contributed by atoms with Gasteiger partial charge in [-0.2, -0.15) is 0 Å². The largest absolute Gasteiger partial charge is 0.467 e. The van der Waals surface area contributed by atoms with Crippen LogP contribution in [0.4, 0.5) is 5.69 Å². The molecule has 5 nitrogen and oxygen atoms in total. The number of aliphatic hydroxyl groups excluding tert-OH is 1. The first kappa shape index (κ1) is 17.7. The average molecular weight is 327 g/mol. The predicted molar refractivity (Wildman–Crippen MR) is 92.7 cm³/mol. The first-order valence-corrected chi connectivity index (χ1v) is 7.70. The Kier molecular flexibility index (Phi) is 6.09. The van der Waals surface area contributed by atoms with Crippen LogP contribution >= 0.6 is 0 Å². The van der Waals surface area contributed by atoms with E-state index in [0.717, 1.165) is 11.1 Å². The van der Waals surface area contributed by atoms with E-state index in [0.29, 0.717) is 12.1 Å². The van der Waals surface area contributed by atoms with Crippen LogP contribution in [0.2, 0.25) is 0 Å². The van der Waals surface area contributed by atoms with Crippen molar-refractivity contribution in [2.75, 3.05) is 18.6 Å². The van der Waals surface area contributed by atoms with Crippen molar-refractivity contribution >= 4 is 18.1 Å². The van der Waals surface area contributed by atoms with Gasteiger partial charge in [0.1, 0.15) is 6.04 Å². The van der Waals surface area contributed by atoms with Crippen LogP contribution in [0.3, 0.4) is 0 Å². The number of rotatable bonds is 7. The number of hydrogen-bond acceptors (Lipinski definition) is 4. The summed E-state index contributed by atoms with van der Waals surface area (Å²) in [5, 5.41) is 9.14. The van der Waals surface area contributed by atoms with Crippen molar-refractivity contribution in [2.45, 2.75) is 19.4 Å². The molecule has 126 valence electrons. The monoisotopic (exact) mass is 327 g/mol.